The molecule has 23 heteroatoms. The SMILES string of the molecule is C.Cc1nc(COc2ccc(N)cc2)no1.Cc1nc(COc2ccc([N+](=O)[O-])cc2)no1.O=[N+]([O-])c1ccc(O)cc1.[C-]#[N+]CBr.[C-]#[N+]COc1ccc([N+](=O)[O-])cc1. The molecule has 6 aromatic rings. The van der Waals surface area contributed by atoms with Crippen molar-refractivity contribution in [3.8, 4) is 23.0 Å². The number of nitrogen functional groups attached to an aromatic ring is 1. The lowest BCUT2D eigenvalue weighted by Crippen LogP contribution is -1.97. The molecule has 0 aliphatic heterocycles. The topological polar surface area (TPSA) is 290 Å². The minimum atomic E-state index is -0.514. The molecule has 0 atom stereocenters. The number of phenols is 1. The lowest BCUT2D eigenvalue weighted by Gasteiger charge is -2.02. The van der Waals surface area contributed by atoms with E-state index in [1.807, 2.05) is 0 Å². The first-order valence-corrected chi connectivity index (χ1v) is 17.3. The van der Waals surface area contributed by atoms with Crippen LogP contribution in [0.3, 0.4) is 0 Å². The third-order valence-electron chi connectivity index (χ3n) is 6.27. The van der Waals surface area contributed by atoms with E-state index >= 15 is 0 Å². The summed E-state index contributed by atoms with van der Waals surface area (Å²) in [7, 11) is 0. The van der Waals surface area contributed by atoms with Gasteiger partial charge in [-0.2, -0.15) is 9.97 Å². The fraction of sp³-hybridized carbons (Fsp3) is 0.189. The molecule has 0 saturated heterocycles. The summed E-state index contributed by atoms with van der Waals surface area (Å²) in [6.07, 6.45) is 0. The Hall–Kier alpha value is -8.18. The van der Waals surface area contributed by atoms with E-state index in [1.54, 1.807) is 38.1 Å². The minimum absolute atomic E-state index is 0. The third kappa shape index (κ3) is 20.1. The highest BCUT2D eigenvalue weighted by atomic mass is 79.9. The molecule has 6 rings (SSSR count). The van der Waals surface area contributed by atoms with Crippen LogP contribution in [0, 0.1) is 57.3 Å². The highest BCUT2D eigenvalue weighted by Crippen LogP contribution is 2.19. The molecule has 0 saturated carbocycles. The molecular weight excluding hydrogens is 856 g/mol. The maximum atomic E-state index is 10.4. The summed E-state index contributed by atoms with van der Waals surface area (Å²) in [4.78, 5) is 43.1. The number of nitro groups is 3. The van der Waals surface area contributed by atoms with Gasteiger partial charge < -0.3 is 38.9 Å². The number of anilines is 1. The van der Waals surface area contributed by atoms with Crippen molar-refractivity contribution in [2.75, 3.05) is 17.9 Å². The first-order chi connectivity index (χ1) is 28.2. The minimum Gasteiger partial charge on any atom is -0.508 e. The van der Waals surface area contributed by atoms with Crippen LogP contribution in [0.4, 0.5) is 22.7 Å². The van der Waals surface area contributed by atoms with Crippen LogP contribution in [-0.2, 0) is 13.2 Å². The average molecular weight is 894 g/mol. The number of nitrogens with zero attached hydrogens (tertiary/aromatic N) is 9. The maximum Gasteiger partial charge on any atom is 0.357 e. The van der Waals surface area contributed by atoms with Crippen molar-refractivity contribution in [3.05, 3.63) is 174 Å². The van der Waals surface area contributed by atoms with E-state index in [1.165, 1.54) is 72.8 Å². The Bertz CT molecular complexity index is 2280. The predicted molar refractivity (Wildman–Crippen MR) is 218 cm³/mol. The number of hydrogen-bond donors (Lipinski definition) is 2. The summed E-state index contributed by atoms with van der Waals surface area (Å²) in [6, 6.07) is 23.5. The van der Waals surface area contributed by atoms with E-state index in [0.717, 1.165) is 5.75 Å². The Kier molecular flexibility index (Phi) is 22.8. The summed E-state index contributed by atoms with van der Waals surface area (Å²) in [6.45, 7) is 16.3. The average Bonchev–Trinajstić information content (AvgIpc) is 3.87. The molecule has 0 amide bonds. The van der Waals surface area contributed by atoms with Gasteiger partial charge in [-0.3, -0.25) is 35.2 Å². The molecule has 0 aliphatic rings. The molecule has 3 N–H and O–H groups in total. The lowest BCUT2D eigenvalue weighted by molar-refractivity contribution is -0.385. The first kappa shape index (κ1) is 49.8. The number of aromatic hydroxyl groups is 1. The number of rotatable bonds is 11. The molecule has 2 aromatic heterocycles. The van der Waals surface area contributed by atoms with E-state index in [0.29, 0.717) is 52.7 Å². The molecule has 2 heterocycles. The number of aryl methyl sites for hydroxylation is 2. The third-order valence-corrected chi connectivity index (χ3v) is 6.52. The molecule has 0 radical (unpaired) electrons. The zero-order valence-electron chi connectivity index (χ0n) is 31.0. The standard InChI is InChI=1S/C10H9N3O4.C10H11N3O2.C8H6N2O3.C6H5NO3.C2H2BrN.CH4/c1-7-11-10(12-17-7)6-16-9-4-2-8(3-5-9)13(14)15;1-7-12-10(13-15-7)6-14-9-4-2-8(11)3-5-9;1-9-6-13-8-4-2-7(3-5-8)10(11)12;8-6-3-1-5(2-4-6)7(9)10;1-4-2-3;/h2-5H,6H2,1H3;2-5H,6,11H2,1H3;2-5H,6H2;1-4,8H;2H2;1H4. The van der Waals surface area contributed by atoms with E-state index in [4.69, 9.17) is 47.2 Å². The number of aromatic nitrogens is 4. The Labute approximate surface area is 350 Å². The van der Waals surface area contributed by atoms with E-state index in [9.17, 15) is 30.3 Å². The maximum absolute atomic E-state index is 10.4. The van der Waals surface area contributed by atoms with Gasteiger partial charge in [-0.25, -0.2) is 13.1 Å². The molecular formula is C37H37BrN10O12. The van der Waals surface area contributed by atoms with Gasteiger partial charge in [0.05, 0.1) is 14.8 Å². The van der Waals surface area contributed by atoms with Crippen LogP contribution in [0.5, 0.6) is 23.0 Å². The molecule has 4 aromatic carbocycles. The molecule has 0 bridgehead atoms. The van der Waals surface area contributed by atoms with Crippen molar-refractivity contribution < 1.29 is 43.1 Å². The smallest absolute Gasteiger partial charge is 0.357 e. The van der Waals surface area contributed by atoms with Crippen molar-refractivity contribution in [3.63, 3.8) is 0 Å². The van der Waals surface area contributed by atoms with Gasteiger partial charge in [-0.1, -0.05) is 17.7 Å². The number of benzene rings is 4. The van der Waals surface area contributed by atoms with Crippen LogP contribution in [0.25, 0.3) is 9.69 Å². The Morgan fingerprint density at radius 3 is 1.28 bits per heavy atom. The number of halogens is 1. The van der Waals surface area contributed by atoms with Gasteiger partial charge in [0, 0.05) is 71.9 Å². The molecule has 0 unspecified atom stereocenters. The Balaban J connectivity index is 0.000000391. The van der Waals surface area contributed by atoms with E-state index < -0.39 is 14.8 Å². The first-order valence-electron chi connectivity index (χ1n) is 16.2. The normalized spacial score (nSPS) is 9.22. The van der Waals surface area contributed by atoms with Crippen LogP contribution in [-0.4, -0.2) is 52.3 Å². The molecule has 60 heavy (non-hydrogen) atoms. The number of ether oxygens (including phenoxy) is 3. The van der Waals surface area contributed by atoms with Gasteiger partial charge in [0.25, 0.3) is 22.5 Å². The second-order valence-electron chi connectivity index (χ2n) is 10.6. The molecule has 0 aliphatic carbocycles. The van der Waals surface area contributed by atoms with Crippen LogP contribution in [0.1, 0.15) is 30.9 Å². The Morgan fingerprint density at radius 2 is 0.983 bits per heavy atom. The van der Waals surface area contributed by atoms with Crippen LogP contribution >= 0.6 is 15.9 Å². The highest BCUT2D eigenvalue weighted by molar-refractivity contribution is 9.09. The number of alkyl halides is 1. The van der Waals surface area contributed by atoms with E-state index in [-0.39, 0.29) is 43.6 Å². The number of non-ortho nitro benzene ring substituents is 3. The highest BCUT2D eigenvalue weighted by Gasteiger charge is 2.07. The molecule has 22 nitrogen and oxygen atoms in total. The quantitative estimate of drug-likeness (QED) is 0.0308. The second-order valence-corrected chi connectivity index (χ2v) is 11.1. The van der Waals surface area contributed by atoms with Gasteiger partial charge in [0.15, 0.2) is 13.2 Å². The van der Waals surface area contributed by atoms with Crippen LogP contribution < -0.4 is 19.9 Å². The number of hydrogen-bond acceptors (Lipinski definition) is 17. The largest absolute Gasteiger partial charge is 0.508 e. The molecule has 0 spiro atoms. The monoisotopic (exact) mass is 892 g/mol. The molecule has 314 valence electrons. The number of nitrogens with two attached hydrogens (primary N) is 1. The van der Waals surface area contributed by atoms with Crippen molar-refractivity contribution in [2.24, 2.45) is 0 Å². The van der Waals surface area contributed by atoms with Crippen molar-refractivity contribution in [2.45, 2.75) is 34.5 Å². The Morgan fingerprint density at radius 1 is 0.650 bits per heavy atom. The van der Waals surface area contributed by atoms with Crippen molar-refractivity contribution in [1.29, 1.82) is 0 Å². The molecule has 0 fully saturated rings. The number of nitro benzene ring substituents is 3. The van der Waals surface area contributed by atoms with Gasteiger partial charge in [0.2, 0.25) is 23.4 Å². The van der Waals surface area contributed by atoms with E-state index in [2.05, 4.69) is 45.9 Å². The van der Waals surface area contributed by atoms with Gasteiger partial charge in [-0.15, -0.1) is 0 Å². The fourth-order valence-corrected chi connectivity index (χ4v) is 3.67. The zero-order chi connectivity index (χ0) is 43.6. The van der Waals surface area contributed by atoms with Gasteiger partial charge >= 0.3 is 6.73 Å². The van der Waals surface area contributed by atoms with Crippen molar-refractivity contribution >= 4 is 38.7 Å². The summed E-state index contributed by atoms with van der Waals surface area (Å²) in [5.41, 5.74) is 6.69. The van der Waals surface area contributed by atoms with Crippen molar-refractivity contribution in [1.82, 2.24) is 20.3 Å². The zero-order valence-corrected chi connectivity index (χ0v) is 32.6. The lowest BCUT2D eigenvalue weighted by atomic mass is 10.3. The second kappa shape index (κ2) is 27.4. The summed E-state index contributed by atoms with van der Waals surface area (Å²) in [5, 5.41) is 46.8. The van der Waals surface area contributed by atoms with Crippen LogP contribution in [0.2, 0.25) is 0 Å². The summed E-state index contributed by atoms with van der Waals surface area (Å²) < 4.78 is 25.2. The van der Waals surface area contributed by atoms with Gasteiger partial charge in [0.1, 0.15) is 23.0 Å². The van der Waals surface area contributed by atoms with Gasteiger partial charge in [-0.05, 0) is 60.7 Å². The fourth-order valence-electron chi connectivity index (χ4n) is 3.67. The number of phenolic OH excluding ortho intramolecular Hbond substituents is 1. The predicted octanol–water partition coefficient (Wildman–Crippen LogP) is 8.45. The summed E-state index contributed by atoms with van der Waals surface area (Å²) in [5.74, 6) is 3.69. The summed E-state index contributed by atoms with van der Waals surface area (Å²) >= 11 is 2.89. The van der Waals surface area contributed by atoms with Crippen LogP contribution in [0.15, 0.2) is 106 Å².